The first-order valence-corrected chi connectivity index (χ1v) is 9.55. The maximum absolute atomic E-state index is 12.9. The molecule has 0 fully saturated rings. The Morgan fingerprint density at radius 3 is 2.54 bits per heavy atom. The fourth-order valence-electron chi connectivity index (χ4n) is 3.34. The molecule has 6 heteroatoms. The third-order valence-electron chi connectivity index (χ3n) is 4.70. The smallest absolute Gasteiger partial charge is 0.254 e. The number of pyridine rings is 1. The summed E-state index contributed by atoms with van der Waals surface area (Å²) >= 11 is 5.91. The van der Waals surface area contributed by atoms with Gasteiger partial charge in [0, 0.05) is 29.3 Å². The van der Waals surface area contributed by atoms with Crippen molar-refractivity contribution in [1.29, 1.82) is 0 Å². The van der Waals surface area contributed by atoms with Crippen LogP contribution < -0.4 is 5.56 Å². The molecule has 0 aliphatic rings. The highest BCUT2D eigenvalue weighted by atomic mass is 35.5. The van der Waals surface area contributed by atoms with Gasteiger partial charge in [-0.25, -0.2) is 0 Å². The third kappa shape index (κ3) is 4.43. The van der Waals surface area contributed by atoms with E-state index < -0.39 is 0 Å². The number of carbonyl (C=O) groups is 1. The van der Waals surface area contributed by atoms with Crippen LogP contribution in [0.4, 0.5) is 0 Å². The van der Waals surface area contributed by atoms with Gasteiger partial charge in [-0.05, 0) is 67.6 Å². The van der Waals surface area contributed by atoms with E-state index in [-0.39, 0.29) is 24.6 Å². The van der Waals surface area contributed by atoms with Crippen LogP contribution in [-0.2, 0) is 6.54 Å². The largest absolute Gasteiger partial charge is 0.396 e. The van der Waals surface area contributed by atoms with E-state index in [0.29, 0.717) is 29.1 Å². The summed E-state index contributed by atoms with van der Waals surface area (Å²) in [6.45, 7) is 4.45. The molecule has 0 atom stereocenters. The molecule has 146 valence electrons. The molecule has 2 N–H and O–H groups in total. The van der Waals surface area contributed by atoms with Gasteiger partial charge in [-0.2, -0.15) is 0 Å². The van der Waals surface area contributed by atoms with Crippen LogP contribution in [0.1, 0.15) is 33.5 Å². The Bertz CT molecular complexity index is 1060. The normalized spacial score (nSPS) is 11.0. The second-order valence-electron chi connectivity index (χ2n) is 6.98. The van der Waals surface area contributed by atoms with Crippen LogP contribution in [0.2, 0.25) is 5.02 Å². The van der Waals surface area contributed by atoms with Crippen LogP contribution in [0.3, 0.4) is 0 Å². The van der Waals surface area contributed by atoms with Crippen molar-refractivity contribution < 1.29 is 9.90 Å². The number of aromatic nitrogens is 1. The molecule has 2 aromatic carbocycles. The second kappa shape index (κ2) is 8.59. The van der Waals surface area contributed by atoms with E-state index in [2.05, 4.69) is 4.98 Å². The number of amides is 1. The molecule has 28 heavy (non-hydrogen) atoms. The summed E-state index contributed by atoms with van der Waals surface area (Å²) < 4.78 is 0. The summed E-state index contributed by atoms with van der Waals surface area (Å²) in [6.07, 6.45) is 0.434. The minimum absolute atomic E-state index is 0.0309. The molecule has 3 rings (SSSR count). The molecule has 1 amide bonds. The zero-order chi connectivity index (χ0) is 20.3. The van der Waals surface area contributed by atoms with Crippen LogP contribution in [0.5, 0.6) is 0 Å². The van der Waals surface area contributed by atoms with Gasteiger partial charge in [0.05, 0.1) is 12.1 Å². The first kappa shape index (κ1) is 20.1. The highest BCUT2D eigenvalue weighted by molar-refractivity contribution is 6.30. The number of aliphatic hydroxyl groups is 1. The van der Waals surface area contributed by atoms with Crippen molar-refractivity contribution >= 4 is 28.4 Å². The molecule has 0 aliphatic carbocycles. The van der Waals surface area contributed by atoms with Crippen molar-refractivity contribution in [2.45, 2.75) is 26.8 Å². The summed E-state index contributed by atoms with van der Waals surface area (Å²) in [7, 11) is 0. The van der Waals surface area contributed by atoms with Gasteiger partial charge in [0.25, 0.3) is 11.5 Å². The average Bonchev–Trinajstić information content (AvgIpc) is 2.66. The second-order valence-corrected chi connectivity index (χ2v) is 7.42. The van der Waals surface area contributed by atoms with E-state index in [1.807, 2.05) is 32.0 Å². The maximum Gasteiger partial charge on any atom is 0.254 e. The van der Waals surface area contributed by atoms with Crippen molar-refractivity contribution in [3.8, 4) is 0 Å². The standard InChI is InChI=1S/C22H23ClN2O3/c1-14-10-15(2)20-17(11-14)12-18(21(27)24-20)13-25(8-3-9-26)22(28)16-4-6-19(23)7-5-16/h4-7,10-12,26H,3,8-9,13H2,1-2H3,(H,24,27). The number of benzene rings is 2. The number of aromatic amines is 1. The van der Waals surface area contributed by atoms with Crippen molar-refractivity contribution in [3.63, 3.8) is 0 Å². The number of fused-ring (bicyclic) bond motifs is 1. The zero-order valence-corrected chi connectivity index (χ0v) is 16.7. The van der Waals surface area contributed by atoms with Gasteiger partial charge in [-0.1, -0.05) is 23.2 Å². The fourth-order valence-corrected chi connectivity index (χ4v) is 3.47. The Hall–Kier alpha value is -2.63. The lowest BCUT2D eigenvalue weighted by molar-refractivity contribution is 0.0731. The molecule has 0 radical (unpaired) electrons. The van der Waals surface area contributed by atoms with Crippen molar-refractivity contribution in [3.05, 3.63) is 80.1 Å². The molecule has 0 aliphatic heterocycles. The van der Waals surface area contributed by atoms with Crippen LogP contribution in [0.25, 0.3) is 10.9 Å². The molecule has 3 aromatic rings. The first-order valence-electron chi connectivity index (χ1n) is 9.18. The van der Waals surface area contributed by atoms with Crippen LogP contribution in [0, 0.1) is 13.8 Å². The van der Waals surface area contributed by atoms with Gasteiger partial charge >= 0.3 is 0 Å². The highest BCUT2D eigenvalue weighted by Gasteiger charge is 2.18. The Morgan fingerprint density at radius 1 is 1.14 bits per heavy atom. The number of halogens is 1. The van der Waals surface area contributed by atoms with Crippen LogP contribution >= 0.6 is 11.6 Å². The van der Waals surface area contributed by atoms with E-state index in [9.17, 15) is 14.7 Å². The van der Waals surface area contributed by atoms with Gasteiger partial charge < -0.3 is 15.0 Å². The molecular weight excluding hydrogens is 376 g/mol. The average molecular weight is 399 g/mol. The van der Waals surface area contributed by atoms with E-state index >= 15 is 0 Å². The number of carbonyl (C=O) groups excluding carboxylic acids is 1. The predicted octanol–water partition coefficient (Wildman–Crippen LogP) is 3.82. The summed E-state index contributed by atoms with van der Waals surface area (Å²) in [5, 5.41) is 10.7. The maximum atomic E-state index is 12.9. The number of nitrogens with one attached hydrogen (secondary N) is 1. The van der Waals surface area contributed by atoms with Crippen molar-refractivity contribution in [1.82, 2.24) is 9.88 Å². The van der Waals surface area contributed by atoms with E-state index in [1.165, 1.54) is 0 Å². The Kier molecular flexibility index (Phi) is 6.17. The molecule has 0 saturated carbocycles. The minimum atomic E-state index is -0.211. The lowest BCUT2D eigenvalue weighted by Gasteiger charge is -2.22. The molecular formula is C22H23ClN2O3. The predicted molar refractivity (Wildman–Crippen MR) is 112 cm³/mol. The highest BCUT2D eigenvalue weighted by Crippen LogP contribution is 2.19. The molecule has 0 spiro atoms. The molecule has 1 aromatic heterocycles. The molecule has 0 saturated heterocycles. The monoisotopic (exact) mass is 398 g/mol. The number of H-pyrrole nitrogens is 1. The van der Waals surface area contributed by atoms with E-state index in [0.717, 1.165) is 22.0 Å². The number of rotatable bonds is 6. The summed E-state index contributed by atoms with van der Waals surface area (Å²) in [5.41, 5.74) is 3.72. The van der Waals surface area contributed by atoms with Crippen LogP contribution in [0.15, 0.2) is 47.3 Å². The summed E-state index contributed by atoms with van der Waals surface area (Å²) in [5.74, 6) is -0.204. The molecule has 0 unspecified atom stereocenters. The summed E-state index contributed by atoms with van der Waals surface area (Å²) in [4.78, 5) is 30.1. The third-order valence-corrected chi connectivity index (χ3v) is 4.95. The van der Waals surface area contributed by atoms with E-state index in [4.69, 9.17) is 11.6 Å². The zero-order valence-electron chi connectivity index (χ0n) is 16.0. The number of aryl methyl sites for hydroxylation is 2. The minimum Gasteiger partial charge on any atom is -0.396 e. The Labute approximate surface area is 168 Å². The molecule has 0 bridgehead atoms. The number of hydrogen-bond donors (Lipinski definition) is 2. The molecule has 1 heterocycles. The SMILES string of the molecule is Cc1cc(C)c2[nH]c(=O)c(CN(CCCO)C(=O)c3ccc(Cl)cc3)cc2c1. The quantitative estimate of drug-likeness (QED) is 0.662. The lowest BCUT2D eigenvalue weighted by Crippen LogP contribution is -2.34. The van der Waals surface area contributed by atoms with Crippen molar-refractivity contribution in [2.24, 2.45) is 0 Å². The Balaban J connectivity index is 1.96. The van der Waals surface area contributed by atoms with Gasteiger partial charge in [0.1, 0.15) is 0 Å². The number of nitrogens with zero attached hydrogens (tertiary/aromatic N) is 1. The van der Waals surface area contributed by atoms with Crippen LogP contribution in [-0.4, -0.2) is 34.0 Å². The summed E-state index contributed by atoms with van der Waals surface area (Å²) in [6, 6.07) is 12.5. The lowest BCUT2D eigenvalue weighted by atomic mass is 10.0. The van der Waals surface area contributed by atoms with Crippen molar-refractivity contribution in [2.75, 3.05) is 13.2 Å². The van der Waals surface area contributed by atoms with E-state index in [1.54, 1.807) is 29.2 Å². The first-order chi connectivity index (χ1) is 13.4. The van der Waals surface area contributed by atoms with Gasteiger partial charge in [0.15, 0.2) is 0 Å². The fraction of sp³-hybridized carbons (Fsp3) is 0.273. The van der Waals surface area contributed by atoms with Gasteiger partial charge in [-0.15, -0.1) is 0 Å². The number of aliphatic hydroxyl groups excluding tert-OH is 1. The Morgan fingerprint density at radius 2 is 1.86 bits per heavy atom. The molecule has 5 nitrogen and oxygen atoms in total. The number of hydrogen-bond acceptors (Lipinski definition) is 3. The van der Waals surface area contributed by atoms with Gasteiger partial charge in [0.2, 0.25) is 0 Å². The topological polar surface area (TPSA) is 73.4 Å². The van der Waals surface area contributed by atoms with Gasteiger partial charge in [-0.3, -0.25) is 9.59 Å².